The maximum atomic E-state index is 12.0. The molecule has 0 bridgehead atoms. The quantitative estimate of drug-likeness (QED) is 0.719. The van der Waals surface area contributed by atoms with E-state index < -0.39 is 11.9 Å². The highest BCUT2D eigenvalue weighted by Gasteiger charge is 2.23. The fourth-order valence-electron chi connectivity index (χ4n) is 1.93. The smallest absolute Gasteiger partial charge is 0.261 e. The van der Waals surface area contributed by atoms with E-state index in [1.807, 2.05) is 0 Å². The van der Waals surface area contributed by atoms with Gasteiger partial charge in [0.2, 0.25) is 11.8 Å². The number of ether oxygens (including phenoxy) is 1. The summed E-state index contributed by atoms with van der Waals surface area (Å²) in [5.74, 6) is -1.26. The molecule has 3 N–H and O–H groups in total. The number of likely N-dealkylation sites (N-methyl/N-ethyl adjacent to an activating group) is 1. The first-order valence-electron chi connectivity index (χ1n) is 6.81. The van der Waals surface area contributed by atoms with E-state index in [0.29, 0.717) is 17.9 Å². The Bertz CT molecular complexity index is 544. The molecule has 0 saturated carbocycles. The largest absolute Gasteiger partial charge is 0.379 e. The lowest BCUT2D eigenvalue weighted by Gasteiger charge is -2.24. The van der Waals surface area contributed by atoms with Gasteiger partial charge in [-0.3, -0.25) is 14.4 Å². The van der Waals surface area contributed by atoms with Crippen LogP contribution in [0.15, 0.2) is 12.1 Å². The second kappa shape index (κ2) is 8.50. The van der Waals surface area contributed by atoms with Crippen LogP contribution in [0.3, 0.4) is 0 Å². The molecule has 1 aromatic rings. The van der Waals surface area contributed by atoms with Crippen molar-refractivity contribution in [1.82, 2.24) is 10.2 Å². The molecule has 1 unspecified atom stereocenters. The fourth-order valence-corrected chi connectivity index (χ4v) is 2.82. The molecule has 22 heavy (non-hydrogen) atoms. The molecule has 0 aliphatic carbocycles. The molecular formula is C14H21N3O4S. The molecule has 3 amide bonds. The van der Waals surface area contributed by atoms with E-state index in [9.17, 15) is 14.4 Å². The van der Waals surface area contributed by atoms with Crippen molar-refractivity contribution >= 4 is 29.1 Å². The first-order valence-corrected chi connectivity index (χ1v) is 7.63. The number of carbonyl (C=O) groups excluding carboxylic acids is 3. The number of nitrogens with zero attached hydrogens (tertiary/aromatic N) is 1. The van der Waals surface area contributed by atoms with Crippen LogP contribution in [-0.4, -0.2) is 49.4 Å². The Kier molecular flexibility index (Phi) is 7.00. The molecule has 0 fully saturated rings. The summed E-state index contributed by atoms with van der Waals surface area (Å²) >= 11 is 1.31. The summed E-state index contributed by atoms with van der Waals surface area (Å²) in [7, 11) is 3.08. The number of nitrogens with one attached hydrogen (secondary N) is 1. The predicted octanol–water partition coefficient (Wildman–Crippen LogP) is 0.347. The Morgan fingerprint density at radius 2 is 2.09 bits per heavy atom. The number of nitrogens with two attached hydrogens (primary N) is 1. The van der Waals surface area contributed by atoms with Crippen LogP contribution >= 0.6 is 11.3 Å². The van der Waals surface area contributed by atoms with E-state index in [0.717, 1.165) is 4.88 Å². The first-order chi connectivity index (χ1) is 10.4. The van der Waals surface area contributed by atoms with Gasteiger partial charge in [-0.15, -0.1) is 11.3 Å². The molecule has 1 heterocycles. The molecule has 0 radical (unpaired) electrons. The average molecular weight is 327 g/mol. The van der Waals surface area contributed by atoms with Crippen molar-refractivity contribution in [3.63, 3.8) is 0 Å². The molecule has 1 rings (SSSR count). The molecule has 0 saturated heterocycles. The molecule has 0 aliphatic rings. The molecule has 7 nitrogen and oxygen atoms in total. The van der Waals surface area contributed by atoms with Crippen LogP contribution in [0.5, 0.6) is 0 Å². The lowest BCUT2D eigenvalue weighted by molar-refractivity contribution is -0.137. The van der Waals surface area contributed by atoms with Gasteiger partial charge in [-0.05, 0) is 18.6 Å². The number of thiophene rings is 1. The minimum Gasteiger partial charge on any atom is -0.379 e. The number of methoxy groups -OCH3 is 1. The van der Waals surface area contributed by atoms with Crippen molar-refractivity contribution in [1.29, 1.82) is 0 Å². The molecule has 1 atom stereocenters. The van der Waals surface area contributed by atoms with E-state index >= 15 is 0 Å². The standard InChI is InChI=1S/C14H21N3O4S/c1-4-10(13(15)19)17(2)12(18)7-16-14(20)11-6-5-9(22-11)8-21-3/h5-6,10H,4,7-8H2,1-3H3,(H2,15,19)(H,16,20). The van der Waals surface area contributed by atoms with Crippen LogP contribution in [0.2, 0.25) is 0 Å². The highest BCUT2D eigenvalue weighted by atomic mass is 32.1. The molecule has 8 heteroatoms. The minimum atomic E-state index is -0.667. The summed E-state index contributed by atoms with van der Waals surface area (Å²) in [6.07, 6.45) is 0.427. The van der Waals surface area contributed by atoms with Crippen LogP contribution in [0.25, 0.3) is 0 Å². The van der Waals surface area contributed by atoms with E-state index in [1.165, 1.54) is 23.3 Å². The number of hydrogen-bond donors (Lipinski definition) is 2. The van der Waals surface area contributed by atoms with Crippen molar-refractivity contribution in [2.24, 2.45) is 5.73 Å². The summed E-state index contributed by atoms with van der Waals surface area (Å²) in [5, 5.41) is 2.54. The fraction of sp³-hybridized carbons (Fsp3) is 0.500. The average Bonchev–Trinajstić information content (AvgIpc) is 2.93. The second-order valence-electron chi connectivity index (χ2n) is 4.71. The van der Waals surface area contributed by atoms with Gasteiger partial charge in [0.25, 0.3) is 5.91 Å². The van der Waals surface area contributed by atoms with Crippen LogP contribution in [0.4, 0.5) is 0 Å². The van der Waals surface area contributed by atoms with Crippen LogP contribution in [0, 0.1) is 0 Å². The number of hydrogen-bond acceptors (Lipinski definition) is 5. The molecular weight excluding hydrogens is 306 g/mol. The van der Waals surface area contributed by atoms with Gasteiger partial charge in [-0.2, -0.15) is 0 Å². The SMILES string of the molecule is CCC(C(N)=O)N(C)C(=O)CNC(=O)c1ccc(COC)s1. The third kappa shape index (κ3) is 4.81. The van der Waals surface area contributed by atoms with Gasteiger partial charge < -0.3 is 20.7 Å². The lowest BCUT2D eigenvalue weighted by Crippen LogP contribution is -2.48. The van der Waals surface area contributed by atoms with Gasteiger partial charge in [0.05, 0.1) is 18.0 Å². The van der Waals surface area contributed by atoms with Crippen LogP contribution in [-0.2, 0) is 20.9 Å². The number of rotatable bonds is 8. The lowest BCUT2D eigenvalue weighted by atomic mass is 10.2. The van der Waals surface area contributed by atoms with Gasteiger partial charge in [0, 0.05) is 19.0 Å². The van der Waals surface area contributed by atoms with E-state index in [4.69, 9.17) is 10.5 Å². The number of carbonyl (C=O) groups is 3. The number of primary amides is 1. The van der Waals surface area contributed by atoms with Crippen molar-refractivity contribution in [3.05, 3.63) is 21.9 Å². The van der Waals surface area contributed by atoms with Crippen LogP contribution in [0.1, 0.15) is 27.9 Å². The van der Waals surface area contributed by atoms with Gasteiger partial charge in [0.1, 0.15) is 6.04 Å². The third-order valence-electron chi connectivity index (χ3n) is 3.15. The normalized spacial score (nSPS) is 11.8. The summed E-state index contributed by atoms with van der Waals surface area (Å²) in [6.45, 7) is 2.02. The second-order valence-corrected chi connectivity index (χ2v) is 5.88. The zero-order valence-electron chi connectivity index (χ0n) is 12.9. The Balaban J connectivity index is 2.55. The highest BCUT2D eigenvalue weighted by Crippen LogP contribution is 2.16. The monoisotopic (exact) mass is 327 g/mol. The zero-order chi connectivity index (χ0) is 16.7. The van der Waals surface area contributed by atoms with E-state index in [1.54, 1.807) is 26.2 Å². The zero-order valence-corrected chi connectivity index (χ0v) is 13.7. The van der Waals surface area contributed by atoms with Gasteiger partial charge in [0.15, 0.2) is 0 Å². The van der Waals surface area contributed by atoms with Crippen molar-refractivity contribution in [2.75, 3.05) is 20.7 Å². The van der Waals surface area contributed by atoms with Crippen molar-refractivity contribution in [2.45, 2.75) is 26.0 Å². The van der Waals surface area contributed by atoms with Crippen LogP contribution < -0.4 is 11.1 Å². The molecule has 122 valence electrons. The van der Waals surface area contributed by atoms with Gasteiger partial charge in [-0.1, -0.05) is 6.92 Å². The van der Waals surface area contributed by atoms with Crippen molar-refractivity contribution < 1.29 is 19.1 Å². The maximum absolute atomic E-state index is 12.0. The Hall–Kier alpha value is -1.93. The topological polar surface area (TPSA) is 102 Å². The summed E-state index contributed by atoms with van der Waals surface area (Å²) < 4.78 is 4.99. The molecule has 1 aromatic heterocycles. The summed E-state index contributed by atoms with van der Waals surface area (Å²) in [4.78, 5) is 37.9. The maximum Gasteiger partial charge on any atom is 0.261 e. The van der Waals surface area contributed by atoms with Crippen molar-refractivity contribution in [3.8, 4) is 0 Å². The molecule has 0 aliphatic heterocycles. The Morgan fingerprint density at radius 1 is 1.41 bits per heavy atom. The minimum absolute atomic E-state index is 0.184. The number of amides is 3. The highest BCUT2D eigenvalue weighted by molar-refractivity contribution is 7.14. The van der Waals surface area contributed by atoms with Gasteiger partial charge >= 0.3 is 0 Å². The molecule has 0 spiro atoms. The summed E-state index contributed by atoms with van der Waals surface area (Å²) in [6, 6.07) is 2.82. The Morgan fingerprint density at radius 3 is 2.64 bits per heavy atom. The predicted molar refractivity (Wildman–Crippen MR) is 83.4 cm³/mol. The van der Waals surface area contributed by atoms with E-state index in [-0.39, 0.29) is 18.4 Å². The Labute approximate surface area is 133 Å². The third-order valence-corrected chi connectivity index (χ3v) is 4.21. The van der Waals surface area contributed by atoms with Gasteiger partial charge in [-0.25, -0.2) is 0 Å². The molecule has 0 aromatic carbocycles. The van der Waals surface area contributed by atoms with E-state index in [2.05, 4.69) is 5.32 Å². The first kappa shape index (κ1) is 18.1. The summed E-state index contributed by atoms with van der Waals surface area (Å²) in [5.41, 5.74) is 5.23.